The SMILES string of the molecule is O=C(CCOc1ccccc1F)Nc1nc2c(s1)CN(Cc1ccccc1)CC2. The van der Waals surface area contributed by atoms with Crippen molar-refractivity contribution in [3.8, 4) is 5.75 Å². The van der Waals surface area contributed by atoms with Gasteiger partial charge in [-0.3, -0.25) is 9.69 Å². The molecule has 0 atom stereocenters. The van der Waals surface area contributed by atoms with E-state index in [9.17, 15) is 9.18 Å². The van der Waals surface area contributed by atoms with Crippen LogP contribution in [0.15, 0.2) is 54.6 Å². The van der Waals surface area contributed by atoms with E-state index < -0.39 is 5.82 Å². The molecule has 0 saturated carbocycles. The molecule has 4 rings (SSSR count). The second kappa shape index (κ2) is 9.15. The Bertz CT molecular complexity index is 977. The third-order valence-corrected chi connectivity index (χ3v) is 5.73. The number of rotatable bonds is 7. The molecule has 1 amide bonds. The summed E-state index contributed by atoms with van der Waals surface area (Å²) < 4.78 is 18.9. The molecule has 7 heteroatoms. The minimum atomic E-state index is -0.430. The molecule has 1 aliphatic heterocycles. The van der Waals surface area contributed by atoms with E-state index >= 15 is 0 Å². The minimum absolute atomic E-state index is 0.114. The number of thiazole rings is 1. The molecular formula is C22H22FN3O2S. The largest absolute Gasteiger partial charge is 0.490 e. The molecule has 2 heterocycles. The van der Waals surface area contributed by atoms with Crippen LogP contribution in [0.3, 0.4) is 0 Å². The smallest absolute Gasteiger partial charge is 0.229 e. The molecule has 3 aromatic rings. The van der Waals surface area contributed by atoms with E-state index in [0.29, 0.717) is 5.13 Å². The molecule has 2 aromatic carbocycles. The number of benzene rings is 2. The summed E-state index contributed by atoms with van der Waals surface area (Å²) in [6.45, 7) is 2.82. The summed E-state index contributed by atoms with van der Waals surface area (Å²) in [6, 6.07) is 16.6. The topological polar surface area (TPSA) is 54.5 Å². The number of carbonyl (C=O) groups excluding carboxylic acids is 1. The van der Waals surface area contributed by atoms with Crippen LogP contribution in [-0.2, 0) is 24.3 Å². The number of fused-ring (bicyclic) bond motifs is 1. The summed E-state index contributed by atoms with van der Waals surface area (Å²) in [5.41, 5.74) is 2.36. The van der Waals surface area contributed by atoms with Crippen LogP contribution in [0.25, 0.3) is 0 Å². The van der Waals surface area contributed by atoms with Gasteiger partial charge in [0.25, 0.3) is 0 Å². The highest BCUT2D eigenvalue weighted by Crippen LogP contribution is 2.29. The van der Waals surface area contributed by atoms with Crippen molar-refractivity contribution < 1.29 is 13.9 Å². The van der Waals surface area contributed by atoms with Gasteiger partial charge in [0.1, 0.15) is 0 Å². The molecule has 0 radical (unpaired) electrons. The number of aromatic nitrogens is 1. The molecule has 0 spiro atoms. The Morgan fingerprint density at radius 3 is 2.79 bits per heavy atom. The Kier molecular flexibility index (Phi) is 6.17. The van der Waals surface area contributed by atoms with E-state index in [1.807, 2.05) is 6.07 Å². The van der Waals surface area contributed by atoms with E-state index in [2.05, 4.69) is 39.5 Å². The van der Waals surface area contributed by atoms with Gasteiger partial charge in [-0.1, -0.05) is 42.5 Å². The van der Waals surface area contributed by atoms with Crippen LogP contribution < -0.4 is 10.1 Å². The summed E-state index contributed by atoms with van der Waals surface area (Å²) in [6.07, 6.45) is 1.02. The molecule has 0 saturated heterocycles. The molecule has 1 N–H and O–H groups in total. The predicted molar refractivity (Wildman–Crippen MR) is 112 cm³/mol. The number of halogens is 1. The van der Waals surface area contributed by atoms with Crippen molar-refractivity contribution in [2.45, 2.75) is 25.9 Å². The Labute approximate surface area is 173 Å². The summed E-state index contributed by atoms with van der Waals surface area (Å²) in [5.74, 6) is -0.460. The Balaban J connectivity index is 1.27. The van der Waals surface area contributed by atoms with Crippen LogP contribution in [0, 0.1) is 5.82 Å². The maximum Gasteiger partial charge on any atom is 0.229 e. The molecule has 0 fully saturated rings. The molecule has 29 heavy (non-hydrogen) atoms. The van der Waals surface area contributed by atoms with Crippen LogP contribution in [0.4, 0.5) is 9.52 Å². The fraction of sp³-hybridized carbons (Fsp3) is 0.273. The molecule has 0 unspecified atom stereocenters. The normalized spacial score (nSPS) is 13.7. The van der Waals surface area contributed by atoms with Gasteiger partial charge in [0.15, 0.2) is 16.7 Å². The fourth-order valence-corrected chi connectivity index (χ4v) is 4.34. The summed E-state index contributed by atoms with van der Waals surface area (Å²) in [4.78, 5) is 20.3. The van der Waals surface area contributed by atoms with Crippen LogP contribution in [-0.4, -0.2) is 28.9 Å². The van der Waals surface area contributed by atoms with Crippen molar-refractivity contribution in [1.82, 2.24) is 9.88 Å². The van der Waals surface area contributed by atoms with Crippen molar-refractivity contribution in [3.63, 3.8) is 0 Å². The van der Waals surface area contributed by atoms with Crippen molar-refractivity contribution >= 4 is 22.4 Å². The second-order valence-electron chi connectivity index (χ2n) is 6.91. The van der Waals surface area contributed by atoms with Gasteiger partial charge < -0.3 is 10.1 Å². The highest BCUT2D eigenvalue weighted by molar-refractivity contribution is 7.15. The van der Waals surface area contributed by atoms with Gasteiger partial charge in [-0.05, 0) is 17.7 Å². The molecule has 1 aromatic heterocycles. The monoisotopic (exact) mass is 411 g/mol. The lowest BCUT2D eigenvalue weighted by atomic mass is 10.1. The van der Waals surface area contributed by atoms with Crippen LogP contribution in [0.2, 0.25) is 0 Å². The number of amides is 1. The first-order valence-electron chi connectivity index (χ1n) is 9.59. The molecule has 5 nitrogen and oxygen atoms in total. The van der Waals surface area contributed by atoms with Gasteiger partial charge >= 0.3 is 0 Å². The van der Waals surface area contributed by atoms with E-state index in [1.165, 1.54) is 27.8 Å². The standard InChI is InChI=1S/C22H22FN3O2S/c23-17-8-4-5-9-19(17)28-13-11-21(27)25-22-24-18-10-12-26(15-20(18)29-22)14-16-6-2-1-3-7-16/h1-9H,10-15H2,(H,24,25,27). The Hall–Kier alpha value is -2.77. The number of hydrogen-bond donors (Lipinski definition) is 1. The highest BCUT2D eigenvalue weighted by atomic mass is 32.1. The van der Waals surface area contributed by atoms with Crippen molar-refractivity contribution in [2.75, 3.05) is 18.5 Å². The molecule has 1 aliphatic rings. The van der Waals surface area contributed by atoms with Crippen molar-refractivity contribution in [2.24, 2.45) is 0 Å². The van der Waals surface area contributed by atoms with Gasteiger partial charge in [-0.25, -0.2) is 9.37 Å². The van der Waals surface area contributed by atoms with E-state index in [4.69, 9.17) is 4.74 Å². The van der Waals surface area contributed by atoms with Gasteiger partial charge in [0, 0.05) is 30.9 Å². The van der Waals surface area contributed by atoms with Crippen LogP contribution in [0.1, 0.15) is 22.6 Å². The highest BCUT2D eigenvalue weighted by Gasteiger charge is 2.21. The Morgan fingerprint density at radius 2 is 1.97 bits per heavy atom. The zero-order chi connectivity index (χ0) is 20.1. The first-order chi connectivity index (χ1) is 14.2. The zero-order valence-corrected chi connectivity index (χ0v) is 16.8. The van der Waals surface area contributed by atoms with Gasteiger partial charge in [-0.15, -0.1) is 11.3 Å². The second-order valence-corrected chi connectivity index (χ2v) is 8.00. The van der Waals surface area contributed by atoms with E-state index in [1.54, 1.807) is 18.2 Å². The predicted octanol–water partition coefficient (Wildman–Crippen LogP) is 4.25. The first kappa shape index (κ1) is 19.5. The lowest BCUT2D eigenvalue weighted by Gasteiger charge is -2.25. The minimum Gasteiger partial charge on any atom is -0.490 e. The number of anilines is 1. The molecular weight excluding hydrogens is 389 g/mol. The third-order valence-electron chi connectivity index (χ3n) is 4.73. The van der Waals surface area contributed by atoms with E-state index in [-0.39, 0.29) is 24.7 Å². The van der Waals surface area contributed by atoms with Crippen LogP contribution in [0.5, 0.6) is 5.75 Å². The molecule has 150 valence electrons. The average molecular weight is 412 g/mol. The lowest BCUT2D eigenvalue weighted by Crippen LogP contribution is -2.29. The zero-order valence-electron chi connectivity index (χ0n) is 15.9. The number of nitrogens with one attached hydrogen (secondary N) is 1. The number of hydrogen-bond acceptors (Lipinski definition) is 5. The van der Waals surface area contributed by atoms with E-state index in [0.717, 1.165) is 31.7 Å². The number of nitrogens with zero attached hydrogens (tertiary/aromatic N) is 2. The van der Waals surface area contributed by atoms with Crippen molar-refractivity contribution in [1.29, 1.82) is 0 Å². The summed E-state index contributed by atoms with van der Waals surface area (Å²) in [5, 5.41) is 3.46. The van der Waals surface area contributed by atoms with Gasteiger partial charge in [0.2, 0.25) is 5.91 Å². The maximum atomic E-state index is 13.5. The molecule has 0 bridgehead atoms. The average Bonchev–Trinajstić information content (AvgIpc) is 3.11. The number of para-hydroxylation sites is 1. The Morgan fingerprint density at radius 1 is 1.17 bits per heavy atom. The lowest BCUT2D eigenvalue weighted by molar-refractivity contribution is -0.116. The first-order valence-corrected chi connectivity index (χ1v) is 10.4. The van der Waals surface area contributed by atoms with Crippen LogP contribution >= 0.6 is 11.3 Å². The fourth-order valence-electron chi connectivity index (χ4n) is 3.28. The van der Waals surface area contributed by atoms with Gasteiger partial charge in [-0.2, -0.15) is 0 Å². The summed E-state index contributed by atoms with van der Waals surface area (Å²) >= 11 is 1.52. The van der Waals surface area contributed by atoms with Gasteiger partial charge in [0.05, 0.1) is 18.7 Å². The third kappa shape index (κ3) is 5.19. The maximum absolute atomic E-state index is 13.5. The number of carbonyl (C=O) groups is 1. The number of ether oxygens (including phenoxy) is 1. The van der Waals surface area contributed by atoms with Crippen molar-refractivity contribution in [3.05, 3.63) is 76.5 Å². The summed E-state index contributed by atoms with van der Waals surface area (Å²) in [7, 11) is 0. The quantitative estimate of drug-likeness (QED) is 0.632. The molecule has 0 aliphatic carbocycles.